The van der Waals surface area contributed by atoms with Crippen LogP contribution in [0.25, 0.3) is 0 Å². The van der Waals surface area contributed by atoms with Crippen molar-refractivity contribution in [1.29, 1.82) is 0 Å². The topological polar surface area (TPSA) is 49.8 Å². The molecule has 2 rings (SSSR count). The first-order valence-electron chi connectivity index (χ1n) is 6.33. The Morgan fingerprint density at radius 1 is 1.53 bits per heavy atom. The van der Waals surface area contributed by atoms with E-state index in [4.69, 9.17) is 4.74 Å². The minimum Gasteiger partial charge on any atom is -0.497 e. The van der Waals surface area contributed by atoms with Gasteiger partial charge >= 0.3 is 0 Å². The van der Waals surface area contributed by atoms with Gasteiger partial charge in [0.15, 0.2) is 0 Å². The molecule has 0 saturated carbocycles. The fraction of sp³-hybridized carbons (Fsp3) is 0.500. The average Bonchev–Trinajstić information content (AvgIpc) is 2.41. The number of amides is 1. The number of rotatable bonds is 2. The lowest BCUT2D eigenvalue weighted by molar-refractivity contribution is 0.0246. The summed E-state index contributed by atoms with van der Waals surface area (Å²) in [6.45, 7) is 2.74. The summed E-state index contributed by atoms with van der Waals surface area (Å²) in [4.78, 5) is 13.7. The molecule has 0 radical (unpaired) electrons. The predicted molar refractivity (Wildman–Crippen MR) is 68.6 cm³/mol. The molecule has 1 N–H and O–H groups in total. The quantitative estimate of drug-likeness (QED) is 0.887. The average molecular weight is 267 g/mol. The summed E-state index contributed by atoms with van der Waals surface area (Å²) >= 11 is 0. The number of aliphatic hydroxyl groups is 1. The molecule has 0 bridgehead atoms. The molecule has 2 unspecified atom stereocenters. The summed E-state index contributed by atoms with van der Waals surface area (Å²) in [7, 11) is 1.44. The van der Waals surface area contributed by atoms with Gasteiger partial charge in [0.1, 0.15) is 11.6 Å². The minimum absolute atomic E-state index is 0.0163. The highest BCUT2D eigenvalue weighted by Gasteiger charge is 2.29. The zero-order chi connectivity index (χ0) is 14.0. The van der Waals surface area contributed by atoms with Crippen LogP contribution in [0.1, 0.15) is 23.7 Å². The summed E-state index contributed by atoms with van der Waals surface area (Å²) in [5.74, 6) is -0.435. The Labute approximate surface area is 111 Å². The van der Waals surface area contributed by atoms with E-state index < -0.39 is 11.9 Å². The van der Waals surface area contributed by atoms with E-state index in [9.17, 15) is 14.3 Å². The first-order valence-corrected chi connectivity index (χ1v) is 6.33. The number of nitrogens with zero attached hydrogens (tertiary/aromatic N) is 1. The van der Waals surface area contributed by atoms with E-state index in [1.54, 1.807) is 6.07 Å². The number of hydrogen-bond acceptors (Lipinski definition) is 3. The van der Waals surface area contributed by atoms with Gasteiger partial charge in [-0.1, -0.05) is 6.92 Å². The van der Waals surface area contributed by atoms with E-state index in [0.717, 1.165) is 6.42 Å². The molecule has 1 aromatic carbocycles. The van der Waals surface area contributed by atoms with Crippen LogP contribution in [0.4, 0.5) is 4.39 Å². The SMILES string of the molecule is COc1ccc(C(=O)N2CCC(C)C(O)C2)c(F)c1. The fourth-order valence-electron chi connectivity index (χ4n) is 2.20. The summed E-state index contributed by atoms with van der Waals surface area (Å²) in [6.07, 6.45) is 0.184. The Kier molecular flexibility index (Phi) is 4.04. The van der Waals surface area contributed by atoms with Crippen molar-refractivity contribution in [2.45, 2.75) is 19.4 Å². The molecule has 4 nitrogen and oxygen atoms in total. The van der Waals surface area contributed by atoms with E-state index in [1.165, 1.54) is 24.1 Å². The molecule has 1 aromatic rings. The predicted octanol–water partition coefficient (Wildman–Crippen LogP) is 1.68. The molecule has 5 heteroatoms. The molecule has 19 heavy (non-hydrogen) atoms. The molecule has 0 spiro atoms. The van der Waals surface area contributed by atoms with Gasteiger partial charge in [0.2, 0.25) is 0 Å². The molecule has 104 valence electrons. The van der Waals surface area contributed by atoms with Gasteiger partial charge < -0.3 is 14.7 Å². The minimum atomic E-state index is -0.600. The summed E-state index contributed by atoms with van der Waals surface area (Å²) in [5.41, 5.74) is 0.0163. The van der Waals surface area contributed by atoms with Gasteiger partial charge in [0.05, 0.1) is 18.8 Å². The number of hydrogen-bond donors (Lipinski definition) is 1. The van der Waals surface area contributed by atoms with Crippen LogP contribution in [0.2, 0.25) is 0 Å². The molecule has 1 heterocycles. The first kappa shape index (κ1) is 13.8. The third-order valence-corrected chi connectivity index (χ3v) is 3.61. The van der Waals surface area contributed by atoms with E-state index >= 15 is 0 Å². The van der Waals surface area contributed by atoms with Gasteiger partial charge in [-0.2, -0.15) is 0 Å². The summed E-state index contributed by atoms with van der Waals surface area (Å²) in [5, 5.41) is 9.79. The monoisotopic (exact) mass is 267 g/mol. The molecular formula is C14H18FNO3. The largest absolute Gasteiger partial charge is 0.497 e. The number of ether oxygens (including phenoxy) is 1. The Balaban J connectivity index is 2.16. The lowest BCUT2D eigenvalue weighted by atomic mass is 9.95. The maximum absolute atomic E-state index is 13.8. The molecule has 0 aliphatic carbocycles. The van der Waals surface area contributed by atoms with Crippen LogP contribution in [-0.4, -0.2) is 42.2 Å². The number of methoxy groups -OCH3 is 1. The molecular weight excluding hydrogens is 249 g/mol. The van der Waals surface area contributed by atoms with Gasteiger partial charge in [-0.05, 0) is 24.5 Å². The van der Waals surface area contributed by atoms with Gasteiger partial charge in [0, 0.05) is 19.2 Å². The van der Waals surface area contributed by atoms with Crippen LogP contribution in [0, 0.1) is 11.7 Å². The number of piperidine rings is 1. The van der Waals surface area contributed by atoms with Crippen molar-refractivity contribution in [2.24, 2.45) is 5.92 Å². The summed E-state index contributed by atoms with van der Waals surface area (Å²) < 4.78 is 18.7. The molecule has 0 aromatic heterocycles. The number of likely N-dealkylation sites (tertiary alicyclic amines) is 1. The lowest BCUT2D eigenvalue weighted by Crippen LogP contribution is -2.46. The second-order valence-electron chi connectivity index (χ2n) is 4.93. The maximum Gasteiger partial charge on any atom is 0.256 e. The number of halogens is 1. The van der Waals surface area contributed by atoms with Crippen molar-refractivity contribution in [3.05, 3.63) is 29.6 Å². The van der Waals surface area contributed by atoms with Gasteiger partial charge in [-0.25, -0.2) is 4.39 Å². The molecule has 1 aliphatic rings. The van der Waals surface area contributed by atoms with Gasteiger partial charge in [-0.15, -0.1) is 0 Å². The number of carbonyl (C=O) groups excluding carboxylic acids is 1. The highest BCUT2D eigenvalue weighted by molar-refractivity contribution is 5.94. The van der Waals surface area contributed by atoms with Crippen LogP contribution in [0.3, 0.4) is 0 Å². The van der Waals surface area contributed by atoms with E-state index in [0.29, 0.717) is 12.3 Å². The fourth-order valence-corrected chi connectivity index (χ4v) is 2.20. The van der Waals surface area contributed by atoms with Crippen LogP contribution >= 0.6 is 0 Å². The normalized spacial score (nSPS) is 23.3. The van der Waals surface area contributed by atoms with E-state index in [1.807, 2.05) is 6.92 Å². The van der Waals surface area contributed by atoms with Crippen LogP contribution < -0.4 is 4.74 Å². The smallest absolute Gasteiger partial charge is 0.256 e. The Hall–Kier alpha value is -1.62. The van der Waals surface area contributed by atoms with Crippen molar-refractivity contribution < 1.29 is 19.0 Å². The number of carbonyl (C=O) groups is 1. The zero-order valence-electron chi connectivity index (χ0n) is 11.1. The van der Waals surface area contributed by atoms with Crippen molar-refractivity contribution in [3.63, 3.8) is 0 Å². The lowest BCUT2D eigenvalue weighted by Gasteiger charge is -2.34. The molecule has 2 atom stereocenters. The highest BCUT2D eigenvalue weighted by Crippen LogP contribution is 2.22. The van der Waals surface area contributed by atoms with Gasteiger partial charge in [-0.3, -0.25) is 4.79 Å². The van der Waals surface area contributed by atoms with Gasteiger partial charge in [0.25, 0.3) is 5.91 Å². The number of aliphatic hydroxyl groups excluding tert-OH is 1. The third-order valence-electron chi connectivity index (χ3n) is 3.61. The van der Waals surface area contributed by atoms with Crippen molar-refractivity contribution in [1.82, 2.24) is 4.90 Å². The number of β-amino-alcohol motifs (C(OH)–C–C–N with tert-alkyl or cyclic N) is 1. The Morgan fingerprint density at radius 2 is 2.26 bits per heavy atom. The van der Waals surface area contributed by atoms with E-state index in [-0.39, 0.29) is 23.9 Å². The third kappa shape index (κ3) is 2.87. The zero-order valence-corrected chi connectivity index (χ0v) is 11.1. The number of benzene rings is 1. The molecule has 1 aliphatic heterocycles. The standard InChI is InChI=1S/C14H18FNO3/c1-9-5-6-16(8-13(9)17)14(18)11-4-3-10(19-2)7-12(11)15/h3-4,7,9,13,17H,5-6,8H2,1-2H3. The second-order valence-corrected chi connectivity index (χ2v) is 4.93. The maximum atomic E-state index is 13.8. The molecule has 1 amide bonds. The Bertz CT molecular complexity index is 478. The summed E-state index contributed by atoms with van der Waals surface area (Å²) in [6, 6.07) is 4.16. The van der Waals surface area contributed by atoms with E-state index in [2.05, 4.69) is 0 Å². The molecule has 1 saturated heterocycles. The Morgan fingerprint density at radius 3 is 2.84 bits per heavy atom. The van der Waals surface area contributed by atoms with Crippen molar-refractivity contribution in [2.75, 3.05) is 20.2 Å². The first-order chi connectivity index (χ1) is 9.02. The second kappa shape index (κ2) is 5.57. The highest BCUT2D eigenvalue weighted by atomic mass is 19.1. The van der Waals surface area contributed by atoms with Crippen LogP contribution in [0.5, 0.6) is 5.75 Å². The van der Waals surface area contributed by atoms with Crippen LogP contribution in [0.15, 0.2) is 18.2 Å². The molecule has 1 fully saturated rings. The van der Waals surface area contributed by atoms with Crippen LogP contribution in [-0.2, 0) is 0 Å². The van der Waals surface area contributed by atoms with Crippen molar-refractivity contribution in [3.8, 4) is 5.75 Å². The van der Waals surface area contributed by atoms with Crippen molar-refractivity contribution >= 4 is 5.91 Å².